The molecule has 1 aromatic heterocycles. The number of rotatable bonds is 3. The molecule has 5 heteroatoms. The van der Waals surface area contributed by atoms with Crippen molar-refractivity contribution in [2.24, 2.45) is 0 Å². The predicted octanol–water partition coefficient (Wildman–Crippen LogP) is 4.67. The molecule has 0 atom stereocenters. The van der Waals surface area contributed by atoms with Crippen molar-refractivity contribution in [1.82, 2.24) is 0 Å². The van der Waals surface area contributed by atoms with Gasteiger partial charge in [-0.05, 0) is 46.6 Å². The lowest BCUT2D eigenvalue weighted by molar-refractivity contribution is 1.19. The average molecular weight is 332 g/mol. The molecule has 3 N–H and O–H groups in total. The van der Waals surface area contributed by atoms with Crippen LogP contribution in [0.3, 0.4) is 0 Å². The van der Waals surface area contributed by atoms with E-state index in [9.17, 15) is 0 Å². The second kappa shape index (κ2) is 5.29. The third-order valence-electron chi connectivity index (χ3n) is 2.41. The molecule has 17 heavy (non-hydrogen) atoms. The number of anilines is 2. The minimum absolute atomic E-state index is 0.677. The van der Waals surface area contributed by atoms with Crippen molar-refractivity contribution in [3.8, 4) is 0 Å². The zero-order valence-corrected chi connectivity index (χ0v) is 12.4. The van der Waals surface area contributed by atoms with Crippen molar-refractivity contribution >= 4 is 50.2 Å². The normalized spacial score (nSPS) is 10.5. The molecule has 0 aliphatic carbocycles. The Labute approximate surface area is 118 Å². The first-order chi connectivity index (χ1) is 8.06. The first-order valence-electron chi connectivity index (χ1n) is 5.08. The van der Waals surface area contributed by atoms with E-state index in [1.807, 2.05) is 13.0 Å². The standard InChI is InChI=1S/C12H12BrClN2S/c1-7-2-12(11(15)4-10(7)14)16-5-9-3-8(13)6-17-9/h2-4,6,16H,5,15H2,1H3. The highest BCUT2D eigenvalue weighted by Gasteiger charge is 2.04. The van der Waals surface area contributed by atoms with Gasteiger partial charge in [0, 0.05) is 26.3 Å². The Morgan fingerprint density at radius 2 is 2.18 bits per heavy atom. The fourth-order valence-corrected chi connectivity index (χ4v) is 3.04. The summed E-state index contributed by atoms with van der Waals surface area (Å²) in [4.78, 5) is 1.25. The number of thiophene rings is 1. The molecule has 0 saturated carbocycles. The molecular weight excluding hydrogens is 320 g/mol. The van der Waals surface area contributed by atoms with Gasteiger partial charge in [0.2, 0.25) is 0 Å². The van der Waals surface area contributed by atoms with E-state index >= 15 is 0 Å². The number of benzene rings is 1. The molecule has 0 fully saturated rings. The van der Waals surface area contributed by atoms with Crippen molar-refractivity contribution in [2.45, 2.75) is 13.5 Å². The Hall–Kier alpha value is -0.710. The highest BCUT2D eigenvalue weighted by molar-refractivity contribution is 9.10. The van der Waals surface area contributed by atoms with Gasteiger partial charge in [-0.25, -0.2) is 0 Å². The second-order valence-corrected chi connectivity index (χ2v) is 6.09. The number of aryl methyl sites for hydroxylation is 1. The first-order valence-corrected chi connectivity index (χ1v) is 7.13. The van der Waals surface area contributed by atoms with E-state index < -0.39 is 0 Å². The number of halogens is 2. The maximum Gasteiger partial charge on any atom is 0.0580 e. The molecule has 0 amide bonds. The summed E-state index contributed by atoms with van der Waals surface area (Å²) in [7, 11) is 0. The van der Waals surface area contributed by atoms with E-state index in [-0.39, 0.29) is 0 Å². The van der Waals surface area contributed by atoms with E-state index in [4.69, 9.17) is 17.3 Å². The van der Waals surface area contributed by atoms with Gasteiger partial charge in [-0.2, -0.15) is 0 Å². The van der Waals surface area contributed by atoms with Crippen LogP contribution in [0.25, 0.3) is 0 Å². The van der Waals surface area contributed by atoms with Gasteiger partial charge in [0.1, 0.15) is 0 Å². The van der Waals surface area contributed by atoms with Crippen LogP contribution in [-0.4, -0.2) is 0 Å². The molecule has 0 aliphatic heterocycles. The quantitative estimate of drug-likeness (QED) is 0.802. The zero-order chi connectivity index (χ0) is 12.4. The molecule has 2 nitrogen and oxygen atoms in total. The minimum Gasteiger partial charge on any atom is -0.397 e. The fraction of sp³-hybridized carbons (Fsp3) is 0.167. The maximum absolute atomic E-state index is 5.99. The monoisotopic (exact) mass is 330 g/mol. The van der Waals surface area contributed by atoms with Gasteiger partial charge in [0.25, 0.3) is 0 Å². The molecule has 2 rings (SSSR count). The second-order valence-electron chi connectivity index (χ2n) is 3.77. The summed E-state index contributed by atoms with van der Waals surface area (Å²) >= 11 is 11.1. The fourth-order valence-electron chi connectivity index (χ4n) is 1.48. The largest absolute Gasteiger partial charge is 0.397 e. The van der Waals surface area contributed by atoms with Crippen LogP contribution in [0.1, 0.15) is 10.4 Å². The van der Waals surface area contributed by atoms with Crippen LogP contribution in [-0.2, 0) is 6.54 Å². The Morgan fingerprint density at radius 3 is 2.82 bits per heavy atom. The van der Waals surface area contributed by atoms with Crippen molar-refractivity contribution < 1.29 is 0 Å². The van der Waals surface area contributed by atoms with Gasteiger partial charge < -0.3 is 11.1 Å². The van der Waals surface area contributed by atoms with Crippen LogP contribution < -0.4 is 11.1 Å². The summed E-state index contributed by atoms with van der Waals surface area (Å²) in [6.45, 7) is 2.73. The highest BCUT2D eigenvalue weighted by atomic mass is 79.9. The van der Waals surface area contributed by atoms with Crippen molar-refractivity contribution in [3.63, 3.8) is 0 Å². The Bertz CT molecular complexity index is 539. The molecule has 0 aliphatic rings. The third kappa shape index (κ3) is 3.15. The predicted molar refractivity (Wildman–Crippen MR) is 79.9 cm³/mol. The Morgan fingerprint density at radius 1 is 1.41 bits per heavy atom. The molecule has 0 bridgehead atoms. The van der Waals surface area contributed by atoms with Crippen molar-refractivity contribution in [3.05, 3.63) is 43.5 Å². The molecule has 2 aromatic rings. The van der Waals surface area contributed by atoms with Crippen LogP contribution >= 0.6 is 38.9 Å². The first kappa shape index (κ1) is 12.7. The van der Waals surface area contributed by atoms with E-state index in [1.165, 1.54) is 4.88 Å². The number of nitrogens with two attached hydrogens (primary N) is 1. The van der Waals surface area contributed by atoms with Gasteiger partial charge in [0.05, 0.1) is 11.4 Å². The van der Waals surface area contributed by atoms with E-state index in [0.29, 0.717) is 10.7 Å². The van der Waals surface area contributed by atoms with E-state index in [0.717, 1.165) is 22.3 Å². The summed E-state index contributed by atoms with van der Waals surface area (Å²) in [5.41, 5.74) is 8.53. The third-order valence-corrected chi connectivity index (χ3v) is 4.51. The molecule has 0 radical (unpaired) electrons. The molecule has 0 unspecified atom stereocenters. The molecule has 1 heterocycles. The summed E-state index contributed by atoms with van der Waals surface area (Å²) in [5.74, 6) is 0. The summed E-state index contributed by atoms with van der Waals surface area (Å²) in [5, 5.41) is 6.08. The smallest absolute Gasteiger partial charge is 0.0580 e. The minimum atomic E-state index is 0.677. The number of nitrogen functional groups attached to an aromatic ring is 1. The van der Waals surface area contributed by atoms with Crippen LogP contribution in [0.4, 0.5) is 11.4 Å². The molecular formula is C12H12BrClN2S. The maximum atomic E-state index is 5.99. The number of nitrogens with one attached hydrogen (secondary N) is 1. The highest BCUT2D eigenvalue weighted by Crippen LogP contribution is 2.28. The Balaban J connectivity index is 2.11. The summed E-state index contributed by atoms with van der Waals surface area (Å²) in [6, 6.07) is 5.85. The van der Waals surface area contributed by atoms with Crippen molar-refractivity contribution in [1.29, 1.82) is 0 Å². The molecule has 1 aromatic carbocycles. The van der Waals surface area contributed by atoms with Crippen LogP contribution in [0.5, 0.6) is 0 Å². The van der Waals surface area contributed by atoms with Gasteiger partial charge in [-0.1, -0.05) is 11.6 Å². The zero-order valence-electron chi connectivity index (χ0n) is 9.26. The lowest BCUT2D eigenvalue weighted by Gasteiger charge is -2.10. The van der Waals surface area contributed by atoms with E-state index in [2.05, 4.69) is 32.7 Å². The molecule has 90 valence electrons. The number of hydrogen-bond donors (Lipinski definition) is 2. The van der Waals surface area contributed by atoms with Crippen LogP contribution in [0.15, 0.2) is 28.1 Å². The van der Waals surface area contributed by atoms with Gasteiger partial charge in [0.15, 0.2) is 0 Å². The Kier molecular flexibility index (Phi) is 3.97. The SMILES string of the molecule is Cc1cc(NCc2cc(Br)cs2)c(N)cc1Cl. The van der Waals surface area contributed by atoms with Gasteiger partial charge in [-0.3, -0.25) is 0 Å². The lowest BCUT2D eigenvalue weighted by atomic mass is 10.2. The lowest BCUT2D eigenvalue weighted by Crippen LogP contribution is -2.01. The average Bonchev–Trinajstić information content (AvgIpc) is 2.68. The summed E-state index contributed by atoms with van der Waals surface area (Å²) < 4.78 is 1.11. The molecule has 0 spiro atoms. The van der Waals surface area contributed by atoms with Crippen LogP contribution in [0, 0.1) is 6.92 Å². The molecule has 0 saturated heterocycles. The van der Waals surface area contributed by atoms with Gasteiger partial charge in [-0.15, -0.1) is 11.3 Å². The van der Waals surface area contributed by atoms with Crippen molar-refractivity contribution in [2.75, 3.05) is 11.1 Å². The van der Waals surface area contributed by atoms with E-state index in [1.54, 1.807) is 17.4 Å². The number of hydrogen-bond acceptors (Lipinski definition) is 3. The topological polar surface area (TPSA) is 38.0 Å². The summed E-state index contributed by atoms with van der Waals surface area (Å²) in [6.07, 6.45) is 0. The van der Waals surface area contributed by atoms with Crippen LogP contribution in [0.2, 0.25) is 5.02 Å². The van der Waals surface area contributed by atoms with Gasteiger partial charge >= 0.3 is 0 Å².